The number of benzene rings is 6. The van der Waals surface area contributed by atoms with Crippen molar-refractivity contribution in [1.29, 1.82) is 0 Å². The number of aryl methyl sites for hydroxylation is 1. The van der Waals surface area contributed by atoms with Crippen molar-refractivity contribution < 1.29 is 0 Å². The van der Waals surface area contributed by atoms with E-state index in [1.54, 1.807) is 5.56 Å². The van der Waals surface area contributed by atoms with Crippen LogP contribution in [-0.4, -0.2) is 0 Å². The van der Waals surface area contributed by atoms with Gasteiger partial charge in [0.2, 0.25) is 0 Å². The van der Waals surface area contributed by atoms with Gasteiger partial charge in [-0.2, -0.15) is 0 Å². The molecule has 0 heterocycles. The van der Waals surface area contributed by atoms with Crippen molar-refractivity contribution in [2.24, 2.45) is 11.8 Å². The Labute approximate surface area is 304 Å². The van der Waals surface area contributed by atoms with Crippen LogP contribution in [0.3, 0.4) is 0 Å². The van der Waals surface area contributed by atoms with Crippen LogP contribution in [0.4, 0.5) is 17.1 Å². The lowest BCUT2D eigenvalue weighted by molar-refractivity contribution is 0.420. The Morgan fingerprint density at radius 3 is 2.02 bits per heavy atom. The molecule has 1 nitrogen and oxygen atoms in total. The molecule has 2 fully saturated rings. The molecule has 0 radical (unpaired) electrons. The Morgan fingerprint density at radius 1 is 0.549 bits per heavy atom. The Hall–Kier alpha value is -4.88. The molecule has 0 N–H and O–H groups in total. The molecule has 10 rings (SSSR count). The molecule has 4 aliphatic rings. The molecule has 0 aromatic heterocycles. The van der Waals surface area contributed by atoms with Gasteiger partial charge in [-0.25, -0.2) is 0 Å². The lowest BCUT2D eigenvalue weighted by Gasteiger charge is -2.29. The standard InChI is InChI=1S/C50H47N/c1-50(2)47-17-9-16-44(35-10-4-3-5-11-35)49(47)45-29-28-41(32-48(45)50)51(40-26-22-37(23-27-40)46-31-33-18-19-38(46)30-33)39-24-20-36(21-25-39)43-15-8-13-34-12-6-7-14-42(34)43/h3-5,8-11,13,15-17,20-29,32-33,38,46H,6-7,12,14,18-19,30-31H2,1-2H3. The first-order valence-corrected chi connectivity index (χ1v) is 19.5. The van der Waals surface area contributed by atoms with Crippen molar-refractivity contribution in [3.05, 3.63) is 161 Å². The van der Waals surface area contributed by atoms with E-state index in [2.05, 4.69) is 152 Å². The van der Waals surface area contributed by atoms with Gasteiger partial charge < -0.3 is 4.90 Å². The quantitative estimate of drug-likeness (QED) is 0.172. The fourth-order valence-corrected chi connectivity index (χ4v) is 10.6. The van der Waals surface area contributed by atoms with Crippen molar-refractivity contribution in [2.75, 3.05) is 4.90 Å². The highest BCUT2D eigenvalue weighted by atomic mass is 15.1. The molecule has 51 heavy (non-hydrogen) atoms. The van der Waals surface area contributed by atoms with Crippen molar-refractivity contribution in [1.82, 2.24) is 0 Å². The Balaban J connectivity index is 1.07. The molecular formula is C50H47N. The molecule has 6 aromatic rings. The summed E-state index contributed by atoms with van der Waals surface area (Å²) in [6.45, 7) is 4.81. The third-order valence-electron chi connectivity index (χ3n) is 13.2. The zero-order chi connectivity index (χ0) is 34.1. The monoisotopic (exact) mass is 661 g/mol. The number of hydrogen-bond donors (Lipinski definition) is 0. The van der Waals surface area contributed by atoms with Crippen LogP contribution in [0.25, 0.3) is 33.4 Å². The van der Waals surface area contributed by atoms with E-state index in [1.165, 1.54) is 124 Å². The minimum Gasteiger partial charge on any atom is -0.310 e. The molecule has 6 aromatic carbocycles. The Bertz CT molecular complexity index is 2240. The fraction of sp³-hybridized carbons (Fsp3) is 0.280. The average Bonchev–Trinajstić information content (AvgIpc) is 3.88. The molecule has 0 amide bonds. The highest BCUT2D eigenvalue weighted by molar-refractivity contribution is 5.94. The number of nitrogens with zero attached hydrogens (tertiary/aromatic N) is 1. The molecule has 252 valence electrons. The van der Waals surface area contributed by atoms with Gasteiger partial charge in [0.25, 0.3) is 0 Å². The van der Waals surface area contributed by atoms with Crippen LogP contribution in [0.15, 0.2) is 133 Å². The first-order chi connectivity index (χ1) is 25.0. The summed E-state index contributed by atoms with van der Waals surface area (Å²) in [5, 5.41) is 0. The summed E-state index contributed by atoms with van der Waals surface area (Å²) in [5.41, 5.74) is 19.0. The summed E-state index contributed by atoms with van der Waals surface area (Å²) in [6.07, 6.45) is 10.7. The normalized spacial score (nSPS) is 20.9. The lowest BCUT2D eigenvalue weighted by Crippen LogP contribution is -2.16. The van der Waals surface area contributed by atoms with Gasteiger partial charge in [0, 0.05) is 22.5 Å². The molecule has 0 aliphatic heterocycles. The number of fused-ring (bicyclic) bond motifs is 6. The highest BCUT2D eigenvalue weighted by Crippen LogP contribution is 2.55. The van der Waals surface area contributed by atoms with E-state index in [-0.39, 0.29) is 5.41 Å². The smallest absolute Gasteiger partial charge is 0.0465 e. The summed E-state index contributed by atoms with van der Waals surface area (Å²) in [7, 11) is 0. The second-order valence-corrected chi connectivity index (χ2v) is 16.4. The van der Waals surface area contributed by atoms with Crippen molar-refractivity contribution in [3.8, 4) is 33.4 Å². The number of hydrogen-bond acceptors (Lipinski definition) is 1. The first-order valence-electron chi connectivity index (χ1n) is 19.5. The average molecular weight is 662 g/mol. The van der Waals surface area contributed by atoms with Crippen LogP contribution < -0.4 is 4.90 Å². The second-order valence-electron chi connectivity index (χ2n) is 16.4. The molecule has 0 spiro atoms. The predicted molar refractivity (Wildman–Crippen MR) is 214 cm³/mol. The summed E-state index contributed by atoms with van der Waals surface area (Å²) in [6, 6.07) is 51.0. The van der Waals surface area contributed by atoms with Crippen molar-refractivity contribution in [2.45, 2.75) is 76.5 Å². The second kappa shape index (κ2) is 12.1. The van der Waals surface area contributed by atoms with E-state index in [9.17, 15) is 0 Å². The van der Waals surface area contributed by atoms with Crippen LogP contribution in [0.5, 0.6) is 0 Å². The van der Waals surface area contributed by atoms with Crippen molar-refractivity contribution >= 4 is 17.1 Å². The molecule has 3 atom stereocenters. The van der Waals surface area contributed by atoms with Crippen molar-refractivity contribution in [3.63, 3.8) is 0 Å². The molecule has 3 unspecified atom stereocenters. The van der Waals surface area contributed by atoms with Gasteiger partial charge in [-0.15, -0.1) is 0 Å². The number of anilines is 3. The maximum absolute atomic E-state index is 2.49. The van der Waals surface area contributed by atoms with Gasteiger partial charge >= 0.3 is 0 Å². The zero-order valence-corrected chi connectivity index (χ0v) is 30.0. The van der Waals surface area contributed by atoms with E-state index in [1.807, 2.05) is 0 Å². The van der Waals surface area contributed by atoms with E-state index in [0.717, 1.165) is 17.8 Å². The molecule has 0 saturated heterocycles. The molecular weight excluding hydrogens is 615 g/mol. The zero-order valence-electron chi connectivity index (χ0n) is 30.0. The minimum atomic E-state index is -0.112. The fourth-order valence-electron chi connectivity index (χ4n) is 10.6. The van der Waals surface area contributed by atoms with E-state index in [4.69, 9.17) is 0 Å². The minimum absolute atomic E-state index is 0.112. The van der Waals surface area contributed by atoms with Crippen LogP contribution >= 0.6 is 0 Å². The number of rotatable bonds is 6. The van der Waals surface area contributed by atoms with Gasteiger partial charge in [-0.3, -0.25) is 0 Å². The highest BCUT2D eigenvalue weighted by Gasteiger charge is 2.40. The van der Waals surface area contributed by atoms with Crippen LogP contribution in [0.1, 0.15) is 86.1 Å². The third kappa shape index (κ3) is 5.11. The Morgan fingerprint density at radius 2 is 1.25 bits per heavy atom. The SMILES string of the molecule is CC1(C)c2cc(N(c3ccc(-c4cccc5c4CCCC5)cc3)c3ccc(C4CC5CCC4C5)cc3)ccc2-c2c(-c3ccccc3)cccc21. The van der Waals surface area contributed by atoms with E-state index >= 15 is 0 Å². The van der Waals surface area contributed by atoms with Gasteiger partial charge in [-0.1, -0.05) is 117 Å². The first kappa shape index (κ1) is 30.9. The van der Waals surface area contributed by atoms with Gasteiger partial charge in [-0.05, 0) is 160 Å². The third-order valence-corrected chi connectivity index (χ3v) is 13.2. The molecule has 4 aliphatic carbocycles. The van der Waals surface area contributed by atoms with E-state index in [0.29, 0.717) is 0 Å². The maximum atomic E-state index is 2.49. The Kier molecular flexibility index (Phi) is 7.35. The summed E-state index contributed by atoms with van der Waals surface area (Å²) in [4.78, 5) is 2.49. The van der Waals surface area contributed by atoms with Crippen LogP contribution in [0, 0.1) is 11.8 Å². The summed E-state index contributed by atoms with van der Waals surface area (Å²) < 4.78 is 0. The summed E-state index contributed by atoms with van der Waals surface area (Å²) in [5.74, 6) is 2.57. The molecule has 1 heteroatoms. The lowest BCUT2D eigenvalue weighted by atomic mass is 9.81. The van der Waals surface area contributed by atoms with E-state index < -0.39 is 0 Å². The summed E-state index contributed by atoms with van der Waals surface area (Å²) >= 11 is 0. The topological polar surface area (TPSA) is 3.24 Å². The van der Waals surface area contributed by atoms with Crippen LogP contribution in [-0.2, 0) is 18.3 Å². The largest absolute Gasteiger partial charge is 0.310 e. The molecule has 2 bridgehead atoms. The molecule has 2 saturated carbocycles. The van der Waals surface area contributed by atoms with Gasteiger partial charge in [0.1, 0.15) is 0 Å². The van der Waals surface area contributed by atoms with Gasteiger partial charge in [0.05, 0.1) is 0 Å². The van der Waals surface area contributed by atoms with Crippen LogP contribution in [0.2, 0.25) is 0 Å². The maximum Gasteiger partial charge on any atom is 0.0465 e. The van der Waals surface area contributed by atoms with Gasteiger partial charge in [0.15, 0.2) is 0 Å². The predicted octanol–water partition coefficient (Wildman–Crippen LogP) is 13.6.